The molecule has 0 heterocycles. The van der Waals surface area contributed by atoms with Gasteiger partial charge in [-0.25, -0.2) is 4.57 Å². The van der Waals surface area contributed by atoms with Gasteiger partial charge in [-0.1, -0.05) is 173 Å². The lowest BCUT2D eigenvalue weighted by Gasteiger charge is -2.20. The fraction of sp³-hybridized carbons (Fsp3) is 0.881. The summed E-state index contributed by atoms with van der Waals surface area (Å²) in [5.41, 5.74) is 5.36. The molecule has 0 aliphatic rings. The van der Waals surface area contributed by atoms with Gasteiger partial charge in [0.25, 0.3) is 0 Å². The van der Waals surface area contributed by atoms with E-state index in [-0.39, 0.29) is 32.3 Å². The van der Waals surface area contributed by atoms with Crippen molar-refractivity contribution in [2.45, 2.75) is 206 Å². The Bertz CT molecular complexity index is 838. The molecule has 0 saturated carbocycles. The van der Waals surface area contributed by atoms with Crippen molar-refractivity contribution in [1.82, 2.24) is 0 Å². The summed E-state index contributed by atoms with van der Waals surface area (Å²) in [5.74, 6) is -0.331. The highest BCUT2D eigenvalue weighted by atomic mass is 31.2. The van der Waals surface area contributed by atoms with Crippen molar-refractivity contribution in [2.75, 3.05) is 33.0 Å². The molecule has 0 spiro atoms. The van der Waals surface area contributed by atoms with Gasteiger partial charge >= 0.3 is 13.8 Å². The van der Waals surface area contributed by atoms with Gasteiger partial charge in [-0.2, -0.15) is 0 Å². The zero-order valence-electron chi connectivity index (χ0n) is 33.3. The third kappa shape index (κ3) is 40.0. The fourth-order valence-corrected chi connectivity index (χ4v) is 6.73. The first-order chi connectivity index (χ1) is 24.9. The van der Waals surface area contributed by atoms with E-state index in [0.29, 0.717) is 13.0 Å². The molecule has 0 rings (SSSR count). The van der Waals surface area contributed by atoms with Crippen LogP contribution >= 0.6 is 7.82 Å². The van der Waals surface area contributed by atoms with Gasteiger partial charge < -0.3 is 20.1 Å². The zero-order valence-corrected chi connectivity index (χ0v) is 34.2. The van der Waals surface area contributed by atoms with Gasteiger partial charge in [0.15, 0.2) is 0 Å². The van der Waals surface area contributed by atoms with Crippen LogP contribution in [0.3, 0.4) is 0 Å². The summed E-state index contributed by atoms with van der Waals surface area (Å²) in [7, 11) is -4.27. The molecule has 0 amide bonds. The molecule has 0 aliphatic carbocycles. The van der Waals surface area contributed by atoms with Gasteiger partial charge in [-0.05, 0) is 44.9 Å². The lowest BCUT2D eigenvalue weighted by molar-refractivity contribution is -0.154. The minimum atomic E-state index is -4.27. The number of rotatable bonds is 41. The van der Waals surface area contributed by atoms with E-state index >= 15 is 0 Å². The number of esters is 1. The Morgan fingerprint density at radius 1 is 0.588 bits per heavy atom. The first kappa shape index (κ1) is 50.0. The molecular weight excluding hydrogens is 661 g/mol. The summed E-state index contributed by atoms with van der Waals surface area (Å²) in [6, 6.07) is 0. The van der Waals surface area contributed by atoms with E-state index in [4.69, 9.17) is 24.3 Å². The number of nitrogens with two attached hydrogens (primary N) is 1. The van der Waals surface area contributed by atoms with Crippen LogP contribution in [-0.4, -0.2) is 49.9 Å². The van der Waals surface area contributed by atoms with Gasteiger partial charge in [0.05, 0.1) is 19.8 Å². The Balaban J connectivity index is 4.01. The second-order valence-electron chi connectivity index (χ2n) is 14.2. The van der Waals surface area contributed by atoms with Gasteiger partial charge in [0.1, 0.15) is 6.10 Å². The number of carbonyl (C=O) groups excluding carboxylic acids is 1. The monoisotopic (exact) mass is 744 g/mol. The third-order valence-electron chi connectivity index (χ3n) is 9.12. The van der Waals surface area contributed by atoms with E-state index in [0.717, 1.165) is 38.5 Å². The molecule has 2 atom stereocenters. The van der Waals surface area contributed by atoms with Crippen LogP contribution in [0.15, 0.2) is 24.3 Å². The third-order valence-corrected chi connectivity index (χ3v) is 10.1. The molecule has 0 saturated heterocycles. The average molecular weight is 744 g/mol. The molecule has 302 valence electrons. The average Bonchev–Trinajstić information content (AvgIpc) is 3.12. The molecule has 2 unspecified atom stereocenters. The van der Waals surface area contributed by atoms with E-state index in [9.17, 15) is 14.3 Å². The van der Waals surface area contributed by atoms with Crippen molar-refractivity contribution >= 4 is 13.8 Å². The quantitative estimate of drug-likeness (QED) is 0.0275. The van der Waals surface area contributed by atoms with Crippen LogP contribution in [0, 0.1) is 0 Å². The van der Waals surface area contributed by atoms with E-state index in [1.54, 1.807) is 0 Å². The highest BCUT2D eigenvalue weighted by Gasteiger charge is 2.25. The van der Waals surface area contributed by atoms with E-state index in [2.05, 4.69) is 38.2 Å². The number of phosphoric ester groups is 1. The van der Waals surface area contributed by atoms with Gasteiger partial charge in [0, 0.05) is 19.6 Å². The molecule has 0 radical (unpaired) electrons. The van der Waals surface area contributed by atoms with E-state index in [1.165, 1.54) is 141 Å². The van der Waals surface area contributed by atoms with Gasteiger partial charge in [-0.15, -0.1) is 0 Å². The van der Waals surface area contributed by atoms with Crippen LogP contribution in [0.1, 0.15) is 200 Å². The van der Waals surface area contributed by atoms with Crippen molar-refractivity contribution in [3.63, 3.8) is 0 Å². The number of carbonyl (C=O) groups is 1. The summed E-state index contributed by atoms with van der Waals surface area (Å²) in [6.45, 7) is 4.91. The molecular formula is C42H82NO7P. The second-order valence-corrected chi connectivity index (χ2v) is 15.7. The number of hydrogen-bond donors (Lipinski definition) is 2. The summed E-state index contributed by atoms with van der Waals surface area (Å²) in [4.78, 5) is 22.4. The smallest absolute Gasteiger partial charge is 0.457 e. The molecule has 0 aromatic heterocycles. The lowest BCUT2D eigenvalue weighted by Crippen LogP contribution is -2.28. The largest absolute Gasteiger partial charge is 0.472 e. The van der Waals surface area contributed by atoms with Crippen LogP contribution in [-0.2, 0) is 27.9 Å². The molecule has 9 heteroatoms. The maximum Gasteiger partial charge on any atom is 0.472 e. The minimum Gasteiger partial charge on any atom is -0.457 e. The Labute approximate surface area is 315 Å². The van der Waals surface area contributed by atoms with Gasteiger partial charge in [-0.3, -0.25) is 13.8 Å². The number of hydrogen-bond acceptors (Lipinski definition) is 7. The van der Waals surface area contributed by atoms with E-state index < -0.39 is 13.9 Å². The van der Waals surface area contributed by atoms with Crippen LogP contribution in [0.4, 0.5) is 0 Å². The first-order valence-corrected chi connectivity index (χ1v) is 22.8. The molecule has 0 aromatic rings. The molecule has 51 heavy (non-hydrogen) atoms. The van der Waals surface area contributed by atoms with Crippen LogP contribution in [0.2, 0.25) is 0 Å². The Kier molecular flexibility index (Phi) is 39.4. The normalized spacial score (nSPS) is 13.7. The number of ether oxygens (including phenoxy) is 2. The number of phosphoric acid groups is 1. The Morgan fingerprint density at radius 3 is 1.55 bits per heavy atom. The molecule has 0 aromatic carbocycles. The fourth-order valence-electron chi connectivity index (χ4n) is 5.97. The molecule has 0 fully saturated rings. The second kappa shape index (κ2) is 40.2. The summed E-state index contributed by atoms with van der Waals surface area (Å²) >= 11 is 0. The molecule has 0 bridgehead atoms. The lowest BCUT2D eigenvalue weighted by atomic mass is 10.0. The summed E-state index contributed by atoms with van der Waals surface area (Å²) in [6.07, 6.45) is 43.3. The maximum absolute atomic E-state index is 12.5. The first-order valence-electron chi connectivity index (χ1n) is 21.3. The van der Waals surface area contributed by atoms with Crippen LogP contribution in [0.25, 0.3) is 0 Å². The SMILES string of the molecule is CCCCCC/C=C\C/C=C\CCCCCCCCCCOCC(COP(=O)(O)OCCN)OC(=O)CCCCCCCCCCCCCCC. The Hall–Kier alpha value is -1.02. The predicted molar refractivity (Wildman–Crippen MR) is 215 cm³/mol. The van der Waals surface area contributed by atoms with Crippen molar-refractivity contribution in [2.24, 2.45) is 5.73 Å². The Morgan fingerprint density at radius 2 is 1.04 bits per heavy atom. The maximum atomic E-state index is 12.5. The molecule has 3 N–H and O–H groups in total. The van der Waals surface area contributed by atoms with Crippen LogP contribution in [0.5, 0.6) is 0 Å². The van der Waals surface area contributed by atoms with Gasteiger partial charge in [0.2, 0.25) is 0 Å². The molecule has 8 nitrogen and oxygen atoms in total. The number of unbranched alkanes of at least 4 members (excludes halogenated alkanes) is 24. The van der Waals surface area contributed by atoms with Crippen LogP contribution < -0.4 is 5.73 Å². The predicted octanol–water partition coefficient (Wildman–Crippen LogP) is 12.5. The zero-order chi connectivity index (χ0) is 37.4. The van der Waals surface area contributed by atoms with Crippen molar-refractivity contribution in [3.05, 3.63) is 24.3 Å². The molecule has 0 aliphatic heterocycles. The standard InChI is InChI=1S/C42H82NO7P/c1-3-5-7-9-11-13-15-17-18-19-20-21-22-24-26-28-30-32-34-37-47-39-41(40-49-51(45,46)48-38-36-43)50-42(44)35-33-31-29-27-25-23-16-14-12-10-8-6-4-2/h13,15,18-19,41H,3-12,14,16-17,20-40,43H2,1-2H3,(H,45,46)/b15-13-,19-18-. The van der Waals surface area contributed by atoms with Crippen molar-refractivity contribution in [1.29, 1.82) is 0 Å². The highest BCUT2D eigenvalue weighted by Crippen LogP contribution is 2.43. The minimum absolute atomic E-state index is 0.0947. The highest BCUT2D eigenvalue weighted by molar-refractivity contribution is 7.47. The van der Waals surface area contributed by atoms with Crippen molar-refractivity contribution < 1.29 is 32.8 Å². The topological polar surface area (TPSA) is 117 Å². The number of allylic oxidation sites excluding steroid dienone is 4. The van der Waals surface area contributed by atoms with E-state index in [1.807, 2.05) is 0 Å². The van der Waals surface area contributed by atoms with Crippen molar-refractivity contribution in [3.8, 4) is 0 Å². The summed E-state index contributed by atoms with van der Waals surface area (Å²) in [5, 5.41) is 0. The summed E-state index contributed by atoms with van der Waals surface area (Å²) < 4.78 is 33.4.